The summed E-state index contributed by atoms with van der Waals surface area (Å²) >= 11 is 11.4. The SMILES string of the molecule is O=C([O-])C=CC(=O)Nc1ccc(Cl)cc1Cl. The van der Waals surface area contributed by atoms with Crippen LogP contribution < -0.4 is 10.4 Å². The van der Waals surface area contributed by atoms with E-state index in [1.54, 1.807) is 6.07 Å². The van der Waals surface area contributed by atoms with Crippen LogP contribution in [-0.2, 0) is 9.59 Å². The van der Waals surface area contributed by atoms with Gasteiger partial charge in [-0.05, 0) is 24.3 Å². The summed E-state index contributed by atoms with van der Waals surface area (Å²) in [4.78, 5) is 21.2. The van der Waals surface area contributed by atoms with Gasteiger partial charge in [0.1, 0.15) is 0 Å². The highest BCUT2D eigenvalue weighted by molar-refractivity contribution is 6.36. The first kappa shape index (κ1) is 12.5. The van der Waals surface area contributed by atoms with E-state index < -0.39 is 11.9 Å². The van der Waals surface area contributed by atoms with E-state index in [1.165, 1.54) is 12.1 Å². The number of aliphatic carboxylic acids is 1. The Morgan fingerprint density at radius 2 is 1.94 bits per heavy atom. The van der Waals surface area contributed by atoms with Crippen molar-refractivity contribution in [1.29, 1.82) is 0 Å². The maximum Gasteiger partial charge on any atom is 0.248 e. The lowest BCUT2D eigenvalue weighted by Crippen LogP contribution is -2.20. The highest BCUT2D eigenvalue weighted by atomic mass is 35.5. The van der Waals surface area contributed by atoms with E-state index >= 15 is 0 Å². The Morgan fingerprint density at radius 3 is 2.50 bits per heavy atom. The molecule has 0 saturated carbocycles. The number of carboxylic acids is 1. The van der Waals surface area contributed by atoms with Gasteiger partial charge < -0.3 is 15.2 Å². The van der Waals surface area contributed by atoms with Crippen LogP contribution in [0.4, 0.5) is 5.69 Å². The fourth-order valence-electron chi connectivity index (χ4n) is 0.909. The molecule has 1 N–H and O–H groups in total. The number of rotatable bonds is 3. The lowest BCUT2D eigenvalue weighted by atomic mass is 10.3. The van der Waals surface area contributed by atoms with Crippen LogP contribution in [0.15, 0.2) is 30.4 Å². The fraction of sp³-hybridized carbons (Fsp3) is 0. The van der Waals surface area contributed by atoms with Crippen LogP contribution in [0.5, 0.6) is 0 Å². The van der Waals surface area contributed by atoms with Gasteiger partial charge in [-0.15, -0.1) is 0 Å². The molecule has 84 valence electrons. The van der Waals surface area contributed by atoms with E-state index in [0.29, 0.717) is 16.8 Å². The number of hydrogen-bond donors (Lipinski definition) is 1. The lowest BCUT2D eigenvalue weighted by Gasteiger charge is -2.04. The van der Waals surface area contributed by atoms with Gasteiger partial charge in [0.05, 0.1) is 16.7 Å². The number of carbonyl (C=O) groups excluding carboxylic acids is 2. The van der Waals surface area contributed by atoms with Gasteiger partial charge in [-0.2, -0.15) is 0 Å². The predicted octanol–water partition coefficient (Wildman–Crippen LogP) is 1.24. The van der Waals surface area contributed by atoms with E-state index in [-0.39, 0.29) is 5.02 Å². The molecule has 0 radical (unpaired) electrons. The maximum absolute atomic E-state index is 11.2. The molecule has 0 fully saturated rings. The van der Waals surface area contributed by atoms with Crippen LogP contribution in [0.3, 0.4) is 0 Å². The van der Waals surface area contributed by atoms with Crippen LogP contribution in [0.2, 0.25) is 10.0 Å². The highest BCUT2D eigenvalue weighted by Gasteiger charge is 2.03. The molecule has 0 heterocycles. The second-order valence-corrected chi connectivity index (χ2v) is 3.61. The Bertz CT molecular complexity index is 457. The number of benzene rings is 1. The molecule has 0 aliphatic rings. The average molecular weight is 259 g/mol. The number of hydrogen-bond acceptors (Lipinski definition) is 3. The second-order valence-electron chi connectivity index (χ2n) is 2.77. The van der Waals surface area contributed by atoms with Crippen LogP contribution in [0, 0.1) is 0 Å². The number of anilines is 1. The van der Waals surface area contributed by atoms with Crippen molar-refractivity contribution in [2.75, 3.05) is 5.32 Å². The van der Waals surface area contributed by atoms with Crippen LogP contribution in [0.25, 0.3) is 0 Å². The van der Waals surface area contributed by atoms with E-state index in [4.69, 9.17) is 23.2 Å². The Morgan fingerprint density at radius 1 is 1.25 bits per heavy atom. The summed E-state index contributed by atoms with van der Waals surface area (Å²) in [5.41, 5.74) is 0.346. The first-order valence-electron chi connectivity index (χ1n) is 4.14. The molecule has 0 unspecified atom stereocenters. The van der Waals surface area contributed by atoms with E-state index in [9.17, 15) is 14.7 Å². The zero-order chi connectivity index (χ0) is 12.1. The Labute approximate surface area is 101 Å². The van der Waals surface area contributed by atoms with Crippen molar-refractivity contribution in [2.45, 2.75) is 0 Å². The summed E-state index contributed by atoms with van der Waals surface area (Å²) in [6.45, 7) is 0. The van der Waals surface area contributed by atoms with E-state index in [1.807, 2.05) is 0 Å². The van der Waals surface area contributed by atoms with Crippen molar-refractivity contribution in [2.24, 2.45) is 0 Å². The third-order valence-corrected chi connectivity index (χ3v) is 2.11. The van der Waals surface area contributed by atoms with Gasteiger partial charge >= 0.3 is 0 Å². The zero-order valence-electron chi connectivity index (χ0n) is 7.87. The van der Waals surface area contributed by atoms with Crippen LogP contribution >= 0.6 is 23.2 Å². The van der Waals surface area contributed by atoms with Crippen molar-refractivity contribution in [3.05, 3.63) is 40.4 Å². The molecule has 16 heavy (non-hydrogen) atoms. The number of carbonyl (C=O) groups is 2. The molecule has 6 heteroatoms. The minimum atomic E-state index is -1.45. The zero-order valence-corrected chi connectivity index (χ0v) is 9.38. The predicted molar refractivity (Wildman–Crippen MR) is 59.2 cm³/mol. The molecule has 1 aromatic rings. The van der Waals surface area contributed by atoms with Gasteiger partial charge in [0.25, 0.3) is 0 Å². The van der Waals surface area contributed by atoms with Gasteiger partial charge in [-0.1, -0.05) is 23.2 Å². The molecule has 0 aliphatic carbocycles. The smallest absolute Gasteiger partial charge is 0.248 e. The molecule has 0 spiro atoms. The summed E-state index contributed by atoms with van der Waals surface area (Å²) in [7, 11) is 0. The van der Waals surface area contributed by atoms with E-state index in [2.05, 4.69) is 5.32 Å². The second kappa shape index (κ2) is 5.53. The first-order valence-corrected chi connectivity index (χ1v) is 4.89. The third kappa shape index (κ3) is 3.92. The molecule has 0 aromatic heterocycles. The molecule has 0 bridgehead atoms. The van der Waals surface area contributed by atoms with Crippen molar-refractivity contribution in [3.63, 3.8) is 0 Å². The first-order chi connectivity index (χ1) is 7.49. The number of carboxylic acid groups (broad SMARTS) is 1. The quantitative estimate of drug-likeness (QED) is 0.830. The van der Waals surface area contributed by atoms with Gasteiger partial charge in [-0.3, -0.25) is 4.79 Å². The Hall–Kier alpha value is -1.52. The topological polar surface area (TPSA) is 69.2 Å². The molecular formula is C10H6Cl2NO3-. The lowest BCUT2D eigenvalue weighted by molar-refractivity contribution is -0.297. The molecule has 0 aliphatic heterocycles. The molecule has 0 saturated heterocycles. The Kier molecular flexibility index (Phi) is 4.34. The van der Waals surface area contributed by atoms with Gasteiger partial charge in [-0.25, -0.2) is 0 Å². The third-order valence-electron chi connectivity index (χ3n) is 1.56. The molecule has 1 rings (SSSR count). The van der Waals surface area contributed by atoms with Gasteiger partial charge in [0, 0.05) is 11.1 Å². The number of amides is 1. The van der Waals surface area contributed by atoms with Crippen molar-refractivity contribution in [1.82, 2.24) is 0 Å². The van der Waals surface area contributed by atoms with Crippen LogP contribution in [-0.4, -0.2) is 11.9 Å². The van der Waals surface area contributed by atoms with Gasteiger partial charge in [0.15, 0.2) is 0 Å². The summed E-state index contributed by atoms with van der Waals surface area (Å²) in [6.07, 6.45) is 1.46. The summed E-state index contributed by atoms with van der Waals surface area (Å²) in [5, 5.41) is 13.1. The minimum absolute atomic E-state index is 0.266. The van der Waals surface area contributed by atoms with Crippen molar-refractivity contribution < 1.29 is 14.7 Å². The molecule has 4 nitrogen and oxygen atoms in total. The van der Waals surface area contributed by atoms with E-state index in [0.717, 1.165) is 6.08 Å². The van der Waals surface area contributed by atoms with Crippen molar-refractivity contribution >= 4 is 40.8 Å². The Balaban J connectivity index is 2.73. The molecular weight excluding hydrogens is 253 g/mol. The van der Waals surface area contributed by atoms with Crippen LogP contribution in [0.1, 0.15) is 0 Å². The summed E-state index contributed by atoms with van der Waals surface area (Å²) < 4.78 is 0. The fourth-order valence-corrected chi connectivity index (χ4v) is 1.36. The minimum Gasteiger partial charge on any atom is -0.545 e. The average Bonchev–Trinajstić information content (AvgIpc) is 2.19. The van der Waals surface area contributed by atoms with Gasteiger partial charge in [0.2, 0.25) is 5.91 Å². The summed E-state index contributed by atoms with van der Waals surface area (Å²) in [5.74, 6) is -2.06. The number of halogens is 2. The largest absolute Gasteiger partial charge is 0.545 e. The summed E-state index contributed by atoms with van der Waals surface area (Å²) in [6, 6.07) is 4.52. The molecule has 1 aromatic carbocycles. The highest BCUT2D eigenvalue weighted by Crippen LogP contribution is 2.25. The standard InChI is InChI=1S/C10H7Cl2NO3/c11-6-1-2-8(7(12)5-6)13-9(14)3-4-10(15)16/h1-5H,(H,13,14)(H,15,16)/p-1. The number of nitrogens with one attached hydrogen (secondary N) is 1. The monoisotopic (exact) mass is 258 g/mol. The normalized spacial score (nSPS) is 10.4. The maximum atomic E-state index is 11.2. The molecule has 0 atom stereocenters. The van der Waals surface area contributed by atoms with Crippen molar-refractivity contribution in [3.8, 4) is 0 Å². The molecule has 1 amide bonds.